The summed E-state index contributed by atoms with van der Waals surface area (Å²) in [6.07, 6.45) is 0. The van der Waals surface area contributed by atoms with Gasteiger partial charge < -0.3 is 4.74 Å². The average molecular weight is 347 g/mol. The molecule has 1 heterocycles. The zero-order chi connectivity index (χ0) is 16.4. The Morgan fingerprint density at radius 2 is 1.83 bits per heavy atom. The number of sulfonamides is 1. The smallest absolute Gasteiger partial charge is 0.350 e. The van der Waals surface area contributed by atoms with E-state index in [4.69, 9.17) is 9.88 Å². The SMILES string of the molecule is NS(=O)(=O)c1ccsc1C(=O)OCc1cccc2ccccc12. The lowest BCUT2D eigenvalue weighted by molar-refractivity contribution is 0.0476. The van der Waals surface area contributed by atoms with Gasteiger partial charge in [-0.05, 0) is 27.8 Å². The molecule has 118 valence electrons. The fourth-order valence-electron chi connectivity index (χ4n) is 2.30. The van der Waals surface area contributed by atoms with Crippen LogP contribution in [0.25, 0.3) is 10.8 Å². The predicted molar refractivity (Wildman–Crippen MR) is 88.8 cm³/mol. The standard InChI is InChI=1S/C16H13NO4S2/c17-23(19,20)14-8-9-22-15(14)16(18)21-10-12-6-3-5-11-4-1-2-7-13(11)12/h1-9H,10H2,(H2,17,19,20). The first-order valence-corrected chi connectivity index (χ1v) is 9.13. The van der Waals surface area contributed by atoms with Crippen molar-refractivity contribution >= 4 is 38.1 Å². The van der Waals surface area contributed by atoms with E-state index in [0.29, 0.717) is 0 Å². The molecule has 23 heavy (non-hydrogen) atoms. The molecule has 2 N–H and O–H groups in total. The second kappa shape index (κ2) is 6.11. The third-order valence-electron chi connectivity index (χ3n) is 3.36. The van der Waals surface area contributed by atoms with Gasteiger partial charge >= 0.3 is 5.97 Å². The van der Waals surface area contributed by atoms with E-state index in [1.54, 1.807) is 0 Å². The van der Waals surface area contributed by atoms with E-state index < -0.39 is 16.0 Å². The van der Waals surface area contributed by atoms with Crippen molar-refractivity contribution in [1.29, 1.82) is 0 Å². The van der Waals surface area contributed by atoms with Crippen molar-refractivity contribution < 1.29 is 17.9 Å². The van der Waals surface area contributed by atoms with Gasteiger partial charge in [0.05, 0.1) is 0 Å². The number of benzene rings is 2. The molecule has 0 amide bonds. The third-order valence-corrected chi connectivity index (χ3v) is 5.34. The second-order valence-corrected chi connectivity index (χ2v) is 7.32. The summed E-state index contributed by atoms with van der Waals surface area (Å²) in [6.45, 7) is 0.0577. The van der Waals surface area contributed by atoms with Gasteiger partial charge in [-0.1, -0.05) is 42.5 Å². The highest BCUT2D eigenvalue weighted by atomic mass is 32.2. The third kappa shape index (κ3) is 3.26. The molecule has 5 nitrogen and oxygen atoms in total. The topological polar surface area (TPSA) is 86.5 Å². The number of rotatable bonds is 4. The molecule has 0 aliphatic rings. The predicted octanol–water partition coefficient (Wildman–Crippen LogP) is 2.91. The first kappa shape index (κ1) is 15.7. The number of ether oxygens (including phenoxy) is 1. The quantitative estimate of drug-likeness (QED) is 0.735. The number of esters is 1. The molecule has 0 radical (unpaired) electrons. The van der Waals surface area contributed by atoms with Gasteiger partial charge in [0.25, 0.3) is 0 Å². The van der Waals surface area contributed by atoms with Crippen LogP contribution in [-0.4, -0.2) is 14.4 Å². The number of hydrogen-bond donors (Lipinski definition) is 1. The summed E-state index contributed by atoms with van der Waals surface area (Å²) in [5, 5.41) is 8.62. The van der Waals surface area contributed by atoms with Crippen LogP contribution in [0.3, 0.4) is 0 Å². The van der Waals surface area contributed by atoms with Gasteiger partial charge in [-0.2, -0.15) is 0 Å². The molecule has 2 aromatic carbocycles. The molecule has 0 spiro atoms. The summed E-state index contributed by atoms with van der Waals surface area (Å²) < 4.78 is 28.2. The Hall–Kier alpha value is -2.22. The zero-order valence-corrected chi connectivity index (χ0v) is 13.6. The van der Waals surface area contributed by atoms with Crippen LogP contribution >= 0.6 is 11.3 Å². The molecule has 3 rings (SSSR count). The van der Waals surface area contributed by atoms with Gasteiger partial charge in [-0.3, -0.25) is 0 Å². The fourth-order valence-corrected chi connectivity index (χ4v) is 4.16. The number of thiophene rings is 1. The highest BCUT2D eigenvalue weighted by Crippen LogP contribution is 2.23. The van der Waals surface area contributed by atoms with E-state index in [-0.39, 0.29) is 16.4 Å². The summed E-state index contributed by atoms with van der Waals surface area (Å²) in [5.74, 6) is -0.697. The molecule has 0 aliphatic heterocycles. The molecule has 3 aromatic rings. The maximum atomic E-state index is 12.2. The molecule has 0 atom stereocenters. The Morgan fingerprint density at radius 3 is 2.61 bits per heavy atom. The Morgan fingerprint density at radius 1 is 1.09 bits per heavy atom. The van der Waals surface area contributed by atoms with Gasteiger partial charge in [-0.25, -0.2) is 18.4 Å². The van der Waals surface area contributed by atoms with Crippen molar-refractivity contribution in [2.24, 2.45) is 5.14 Å². The van der Waals surface area contributed by atoms with Crippen molar-refractivity contribution in [1.82, 2.24) is 0 Å². The van der Waals surface area contributed by atoms with Crippen LogP contribution in [0.5, 0.6) is 0 Å². The molecule has 7 heteroatoms. The van der Waals surface area contributed by atoms with Gasteiger partial charge in [0.1, 0.15) is 16.4 Å². The maximum absolute atomic E-state index is 12.2. The largest absolute Gasteiger partial charge is 0.457 e. The first-order valence-electron chi connectivity index (χ1n) is 6.71. The Kier molecular flexibility index (Phi) is 4.16. The highest BCUT2D eigenvalue weighted by Gasteiger charge is 2.22. The zero-order valence-electron chi connectivity index (χ0n) is 11.9. The summed E-state index contributed by atoms with van der Waals surface area (Å²) in [6, 6.07) is 14.8. The van der Waals surface area contributed by atoms with Gasteiger partial charge in [0.15, 0.2) is 0 Å². The lowest BCUT2D eigenvalue weighted by Gasteiger charge is -2.08. The Balaban J connectivity index is 1.83. The van der Waals surface area contributed by atoms with E-state index in [2.05, 4.69) is 0 Å². The summed E-state index contributed by atoms with van der Waals surface area (Å²) >= 11 is 0.990. The van der Waals surface area contributed by atoms with E-state index in [1.165, 1.54) is 11.4 Å². The minimum absolute atomic E-state index is 0.00673. The van der Waals surface area contributed by atoms with E-state index in [0.717, 1.165) is 27.7 Å². The molecule has 0 saturated heterocycles. The van der Waals surface area contributed by atoms with Gasteiger partial charge in [0.2, 0.25) is 10.0 Å². The van der Waals surface area contributed by atoms with Crippen LogP contribution in [-0.2, 0) is 21.4 Å². The number of fused-ring (bicyclic) bond motifs is 1. The van der Waals surface area contributed by atoms with Crippen LogP contribution in [0.1, 0.15) is 15.2 Å². The minimum Gasteiger partial charge on any atom is -0.457 e. The fraction of sp³-hybridized carbons (Fsp3) is 0.0625. The van der Waals surface area contributed by atoms with E-state index >= 15 is 0 Å². The molecule has 1 aromatic heterocycles. The minimum atomic E-state index is -3.94. The monoisotopic (exact) mass is 347 g/mol. The van der Waals surface area contributed by atoms with Crippen LogP contribution in [0.2, 0.25) is 0 Å². The number of carbonyl (C=O) groups excluding carboxylic acids is 1. The Bertz CT molecular complexity index is 971. The number of hydrogen-bond acceptors (Lipinski definition) is 5. The molecule has 0 unspecified atom stereocenters. The summed E-state index contributed by atoms with van der Waals surface area (Å²) in [4.78, 5) is 11.9. The van der Waals surface area contributed by atoms with Crippen LogP contribution < -0.4 is 5.14 Å². The number of primary sulfonamides is 1. The van der Waals surface area contributed by atoms with Crippen molar-refractivity contribution in [3.05, 3.63) is 64.4 Å². The van der Waals surface area contributed by atoms with Crippen LogP contribution in [0.4, 0.5) is 0 Å². The number of nitrogens with two attached hydrogens (primary N) is 1. The molecule has 0 saturated carbocycles. The van der Waals surface area contributed by atoms with Crippen LogP contribution in [0.15, 0.2) is 58.8 Å². The lowest BCUT2D eigenvalue weighted by Crippen LogP contribution is -2.15. The molecular formula is C16H13NO4S2. The highest BCUT2D eigenvalue weighted by molar-refractivity contribution is 7.89. The average Bonchev–Trinajstić information content (AvgIpc) is 3.02. The Labute approximate surface area is 137 Å². The number of carbonyl (C=O) groups is 1. The molecular weight excluding hydrogens is 334 g/mol. The van der Waals surface area contributed by atoms with Crippen molar-refractivity contribution in [3.63, 3.8) is 0 Å². The van der Waals surface area contributed by atoms with E-state index in [1.807, 2.05) is 42.5 Å². The van der Waals surface area contributed by atoms with Gasteiger partial charge in [-0.15, -0.1) is 11.3 Å². The second-order valence-electron chi connectivity index (χ2n) is 4.87. The van der Waals surface area contributed by atoms with Crippen molar-refractivity contribution in [3.8, 4) is 0 Å². The van der Waals surface area contributed by atoms with Gasteiger partial charge in [0, 0.05) is 0 Å². The molecule has 0 fully saturated rings. The summed E-state index contributed by atoms with van der Waals surface area (Å²) in [7, 11) is -3.94. The first-order chi connectivity index (χ1) is 11.0. The molecule has 0 aliphatic carbocycles. The normalized spacial score (nSPS) is 11.5. The van der Waals surface area contributed by atoms with Crippen LogP contribution in [0, 0.1) is 0 Å². The lowest BCUT2D eigenvalue weighted by atomic mass is 10.1. The maximum Gasteiger partial charge on any atom is 0.350 e. The van der Waals surface area contributed by atoms with E-state index in [9.17, 15) is 13.2 Å². The van der Waals surface area contributed by atoms with Crippen molar-refractivity contribution in [2.45, 2.75) is 11.5 Å². The van der Waals surface area contributed by atoms with Crippen molar-refractivity contribution in [2.75, 3.05) is 0 Å². The summed E-state index contributed by atoms with van der Waals surface area (Å²) in [5.41, 5.74) is 0.852. The molecule has 0 bridgehead atoms.